The number of nitrogens with zero attached hydrogens (tertiary/aromatic N) is 1. The molecule has 2 N–H and O–H groups in total. The first-order chi connectivity index (χ1) is 8.43. The average molecular weight is 255 g/mol. The Morgan fingerprint density at radius 1 is 1.39 bits per heavy atom. The summed E-state index contributed by atoms with van der Waals surface area (Å²) in [6, 6.07) is 2.65. The first kappa shape index (κ1) is 10.8. The summed E-state index contributed by atoms with van der Waals surface area (Å²) in [5, 5.41) is 2.45. The largest absolute Gasteiger partial charge is 0.586 e. The molecule has 0 fully saturated rings. The van der Waals surface area contributed by atoms with Crippen LogP contribution < -0.4 is 14.8 Å². The predicted octanol–water partition coefficient (Wildman–Crippen LogP) is 1.84. The Hall–Kier alpha value is -2.38. The molecular formula is C10H7F2N3O3. The van der Waals surface area contributed by atoms with E-state index in [4.69, 9.17) is 0 Å². The van der Waals surface area contributed by atoms with Gasteiger partial charge in [0.2, 0.25) is 11.9 Å². The lowest BCUT2D eigenvalue weighted by molar-refractivity contribution is -0.286. The van der Waals surface area contributed by atoms with Gasteiger partial charge in [-0.3, -0.25) is 10.1 Å². The molecule has 2 aromatic rings. The maximum absolute atomic E-state index is 12.8. The van der Waals surface area contributed by atoms with Gasteiger partial charge in [-0.1, -0.05) is 0 Å². The minimum Gasteiger partial charge on any atom is -0.395 e. The van der Waals surface area contributed by atoms with Gasteiger partial charge >= 0.3 is 6.29 Å². The summed E-state index contributed by atoms with van der Waals surface area (Å²) in [7, 11) is 0. The third kappa shape index (κ3) is 1.71. The summed E-state index contributed by atoms with van der Waals surface area (Å²) >= 11 is 0. The van der Waals surface area contributed by atoms with Gasteiger partial charge in [0, 0.05) is 19.1 Å². The molecule has 1 aliphatic rings. The molecule has 0 radical (unpaired) electrons. The number of carbonyl (C=O) groups excluding carboxylic acids is 1. The average Bonchev–Trinajstić information content (AvgIpc) is 2.69. The van der Waals surface area contributed by atoms with Gasteiger partial charge in [-0.05, 0) is 0 Å². The number of rotatable bonds is 1. The number of hydrogen-bond acceptors (Lipinski definition) is 4. The van der Waals surface area contributed by atoms with Crippen LogP contribution in [0.4, 0.5) is 14.7 Å². The molecule has 1 aromatic carbocycles. The van der Waals surface area contributed by atoms with Crippen LogP contribution in [-0.2, 0) is 4.79 Å². The number of amides is 1. The fourth-order valence-corrected chi connectivity index (χ4v) is 1.68. The quantitative estimate of drug-likeness (QED) is 0.815. The van der Waals surface area contributed by atoms with Crippen molar-refractivity contribution in [3.05, 3.63) is 12.1 Å². The van der Waals surface area contributed by atoms with E-state index in [0.717, 1.165) is 0 Å². The van der Waals surface area contributed by atoms with Crippen molar-refractivity contribution in [2.24, 2.45) is 0 Å². The van der Waals surface area contributed by atoms with Crippen LogP contribution in [0.5, 0.6) is 11.5 Å². The van der Waals surface area contributed by atoms with Crippen LogP contribution in [0.3, 0.4) is 0 Å². The Balaban J connectivity index is 2.04. The number of H-pyrrole nitrogens is 1. The highest BCUT2D eigenvalue weighted by Crippen LogP contribution is 2.42. The molecule has 0 saturated heterocycles. The number of nitrogens with one attached hydrogen (secondary N) is 2. The first-order valence-electron chi connectivity index (χ1n) is 5.00. The van der Waals surface area contributed by atoms with Gasteiger partial charge in [0.25, 0.3) is 0 Å². The summed E-state index contributed by atoms with van der Waals surface area (Å²) < 4.78 is 34.2. The molecular weight excluding hydrogens is 248 g/mol. The second kappa shape index (κ2) is 3.31. The van der Waals surface area contributed by atoms with Crippen molar-refractivity contribution in [1.29, 1.82) is 0 Å². The summed E-state index contributed by atoms with van der Waals surface area (Å²) in [5.74, 6) is -0.229. The van der Waals surface area contributed by atoms with E-state index in [2.05, 4.69) is 24.8 Å². The molecule has 0 aliphatic carbocycles. The van der Waals surface area contributed by atoms with Gasteiger partial charge in [-0.2, -0.15) is 0 Å². The number of imidazole rings is 1. The van der Waals surface area contributed by atoms with E-state index in [1.807, 2.05) is 0 Å². The number of alkyl halides is 2. The van der Waals surface area contributed by atoms with Gasteiger partial charge in [-0.25, -0.2) is 4.98 Å². The Kier molecular flexibility index (Phi) is 1.98. The second-order valence-electron chi connectivity index (χ2n) is 3.75. The molecule has 0 spiro atoms. The Bertz CT molecular complexity index is 608. The van der Waals surface area contributed by atoms with Crippen LogP contribution in [-0.4, -0.2) is 22.2 Å². The van der Waals surface area contributed by atoms with Crippen molar-refractivity contribution in [1.82, 2.24) is 9.97 Å². The van der Waals surface area contributed by atoms with Crippen molar-refractivity contribution in [3.63, 3.8) is 0 Å². The molecule has 0 bridgehead atoms. The van der Waals surface area contributed by atoms with Crippen molar-refractivity contribution in [2.75, 3.05) is 5.32 Å². The van der Waals surface area contributed by atoms with E-state index in [1.165, 1.54) is 19.1 Å². The maximum Gasteiger partial charge on any atom is 0.586 e. The number of carbonyl (C=O) groups is 1. The van der Waals surface area contributed by atoms with Crippen molar-refractivity contribution >= 4 is 22.9 Å². The lowest BCUT2D eigenvalue weighted by Gasteiger charge is -2.04. The first-order valence-corrected chi connectivity index (χ1v) is 5.00. The highest BCUT2D eigenvalue weighted by Gasteiger charge is 2.43. The van der Waals surface area contributed by atoms with Gasteiger partial charge in [-0.15, -0.1) is 8.78 Å². The number of ether oxygens (including phenoxy) is 2. The zero-order valence-electron chi connectivity index (χ0n) is 9.08. The fraction of sp³-hybridized carbons (Fsp3) is 0.200. The molecule has 8 heteroatoms. The normalized spacial score (nSPS) is 15.9. The molecule has 18 heavy (non-hydrogen) atoms. The van der Waals surface area contributed by atoms with Crippen molar-refractivity contribution < 1.29 is 23.0 Å². The monoisotopic (exact) mass is 255 g/mol. The number of aromatic nitrogens is 2. The SMILES string of the molecule is CC(=O)Nc1nc2cc3c(cc2[nH]1)OC(F)(F)O3. The standard InChI is InChI=1S/C10H7F2N3O3/c1-4(16)13-9-14-5-2-7-8(3-6(5)15-9)18-10(11,12)17-7/h2-3H,1H3,(H2,13,14,15,16). The van der Waals surface area contributed by atoms with Crippen LogP contribution in [0.2, 0.25) is 0 Å². The van der Waals surface area contributed by atoms with Gasteiger partial charge < -0.3 is 14.5 Å². The van der Waals surface area contributed by atoms with Crippen LogP contribution in [0.1, 0.15) is 6.92 Å². The number of halogens is 2. The molecule has 1 amide bonds. The third-order valence-electron chi connectivity index (χ3n) is 2.30. The fourth-order valence-electron chi connectivity index (χ4n) is 1.68. The highest BCUT2D eigenvalue weighted by atomic mass is 19.3. The summed E-state index contributed by atoms with van der Waals surface area (Å²) in [5.41, 5.74) is 0.845. The minimum atomic E-state index is -3.65. The van der Waals surface area contributed by atoms with E-state index in [9.17, 15) is 13.6 Å². The van der Waals surface area contributed by atoms with Gasteiger partial charge in [0.1, 0.15) is 0 Å². The van der Waals surface area contributed by atoms with Crippen molar-refractivity contribution in [3.8, 4) is 11.5 Å². The predicted molar refractivity (Wildman–Crippen MR) is 56.6 cm³/mol. The molecule has 1 aromatic heterocycles. The van der Waals surface area contributed by atoms with E-state index in [1.54, 1.807) is 0 Å². The van der Waals surface area contributed by atoms with Crippen LogP contribution >= 0.6 is 0 Å². The van der Waals surface area contributed by atoms with E-state index in [-0.39, 0.29) is 23.4 Å². The second-order valence-corrected chi connectivity index (χ2v) is 3.75. The highest BCUT2D eigenvalue weighted by molar-refractivity contribution is 5.90. The molecule has 0 saturated carbocycles. The summed E-state index contributed by atoms with van der Waals surface area (Å²) in [6.45, 7) is 1.33. The molecule has 2 heterocycles. The summed E-state index contributed by atoms with van der Waals surface area (Å²) in [6.07, 6.45) is -3.65. The number of anilines is 1. The molecule has 6 nitrogen and oxygen atoms in total. The lowest BCUT2D eigenvalue weighted by Crippen LogP contribution is -2.25. The number of fused-ring (bicyclic) bond motifs is 2. The number of hydrogen-bond donors (Lipinski definition) is 2. The van der Waals surface area contributed by atoms with Gasteiger partial charge in [0.05, 0.1) is 11.0 Å². The lowest BCUT2D eigenvalue weighted by atomic mass is 10.3. The molecule has 0 unspecified atom stereocenters. The Labute approximate surface area is 98.9 Å². The van der Waals surface area contributed by atoms with Crippen LogP contribution in [0.25, 0.3) is 11.0 Å². The molecule has 0 atom stereocenters. The summed E-state index contributed by atoms with van der Waals surface area (Å²) in [4.78, 5) is 17.6. The Morgan fingerprint density at radius 2 is 2.06 bits per heavy atom. The molecule has 3 rings (SSSR count). The minimum absolute atomic E-state index is 0.0782. The smallest absolute Gasteiger partial charge is 0.395 e. The zero-order chi connectivity index (χ0) is 12.9. The van der Waals surface area contributed by atoms with Crippen LogP contribution in [0.15, 0.2) is 12.1 Å². The topological polar surface area (TPSA) is 76.2 Å². The molecule has 94 valence electrons. The van der Waals surface area contributed by atoms with Gasteiger partial charge in [0.15, 0.2) is 11.5 Å². The van der Waals surface area contributed by atoms with Crippen molar-refractivity contribution in [2.45, 2.75) is 13.2 Å². The number of benzene rings is 1. The zero-order valence-corrected chi connectivity index (χ0v) is 9.08. The van der Waals surface area contributed by atoms with E-state index < -0.39 is 6.29 Å². The van der Waals surface area contributed by atoms with E-state index in [0.29, 0.717) is 11.0 Å². The van der Waals surface area contributed by atoms with Crippen LogP contribution in [0, 0.1) is 0 Å². The Morgan fingerprint density at radius 3 is 2.72 bits per heavy atom. The number of aromatic amines is 1. The maximum atomic E-state index is 12.8. The van der Waals surface area contributed by atoms with E-state index >= 15 is 0 Å². The third-order valence-corrected chi connectivity index (χ3v) is 2.30. The molecule has 1 aliphatic heterocycles.